The molecule has 1 aliphatic rings. The summed E-state index contributed by atoms with van der Waals surface area (Å²) in [5.74, 6) is -0.472. The highest BCUT2D eigenvalue weighted by atomic mass is 31.2. The van der Waals surface area contributed by atoms with Crippen LogP contribution in [0, 0.1) is 0 Å². The molecule has 340 valence electrons. The molecule has 13 heteroatoms. The summed E-state index contributed by atoms with van der Waals surface area (Å²) in [5.41, 5.74) is 0. The molecule has 6 unspecified atom stereocenters. The van der Waals surface area contributed by atoms with Crippen LogP contribution in [0.25, 0.3) is 0 Å². The van der Waals surface area contributed by atoms with Gasteiger partial charge in [0.25, 0.3) is 0 Å². The van der Waals surface area contributed by atoms with Gasteiger partial charge < -0.3 is 39.9 Å². The van der Waals surface area contributed by atoms with Crippen molar-refractivity contribution in [1.29, 1.82) is 0 Å². The number of aliphatic hydroxyl groups is 5. The number of phosphoric ester groups is 1. The van der Waals surface area contributed by atoms with Crippen LogP contribution in [0.15, 0.2) is 0 Å². The zero-order chi connectivity index (χ0) is 42.0. The van der Waals surface area contributed by atoms with E-state index in [4.69, 9.17) is 18.5 Å². The van der Waals surface area contributed by atoms with Crippen LogP contribution in [0.4, 0.5) is 0 Å². The van der Waals surface area contributed by atoms with Gasteiger partial charge in [0.05, 0.1) is 13.2 Å². The van der Waals surface area contributed by atoms with Crippen LogP contribution in [-0.2, 0) is 27.9 Å². The van der Waals surface area contributed by atoms with E-state index in [1.165, 1.54) is 148 Å². The molecule has 0 radical (unpaired) electrons. The van der Waals surface area contributed by atoms with Crippen molar-refractivity contribution in [3.63, 3.8) is 0 Å². The molecule has 0 heterocycles. The smallest absolute Gasteiger partial charge is 0.457 e. The zero-order valence-corrected chi connectivity index (χ0v) is 37.1. The lowest BCUT2D eigenvalue weighted by molar-refractivity contribution is -0.220. The molecule has 0 aromatic rings. The summed E-state index contributed by atoms with van der Waals surface area (Å²) < 4.78 is 34.1. The Morgan fingerprint density at radius 1 is 0.491 bits per heavy atom. The molecule has 0 aliphatic heterocycles. The Balaban J connectivity index is 2.32. The van der Waals surface area contributed by atoms with Crippen LogP contribution >= 0.6 is 7.82 Å². The molecule has 6 N–H and O–H groups in total. The van der Waals surface area contributed by atoms with Crippen molar-refractivity contribution in [3.05, 3.63) is 0 Å². The lowest BCUT2D eigenvalue weighted by Crippen LogP contribution is -2.64. The number of unbranched alkanes of at least 4 members (excludes halogenated alkanes) is 28. The first-order valence-electron chi connectivity index (χ1n) is 23.4. The number of rotatable bonds is 40. The maximum Gasteiger partial charge on any atom is 0.472 e. The molecule has 0 saturated heterocycles. The number of carbonyl (C=O) groups excluding carboxylic acids is 1. The predicted octanol–water partition coefficient (Wildman–Crippen LogP) is 9.37. The van der Waals surface area contributed by atoms with Crippen molar-refractivity contribution < 1.29 is 58.3 Å². The first kappa shape index (κ1) is 54.4. The summed E-state index contributed by atoms with van der Waals surface area (Å²) in [7, 11) is -5.00. The van der Waals surface area contributed by atoms with Crippen molar-refractivity contribution in [2.24, 2.45) is 0 Å². The van der Waals surface area contributed by atoms with E-state index in [0.717, 1.165) is 38.5 Å². The molecule has 1 rings (SSSR count). The van der Waals surface area contributed by atoms with Crippen molar-refractivity contribution >= 4 is 13.8 Å². The molecule has 0 aromatic carbocycles. The fourth-order valence-corrected chi connectivity index (χ4v) is 8.45. The van der Waals surface area contributed by atoms with Crippen LogP contribution in [-0.4, -0.2) is 98.9 Å². The van der Waals surface area contributed by atoms with E-state index >= 15 is 0 Å². The van der Waals surface area contributed by atoms with Gasteiger partial charge >= 0.3 is 13.8 Å². The van der Waals surface area contributed by atoms with E-state index in [-0.39, 0.29) is 13.0 Å². The van der Waals surface area contributed by atoms with E-state index in [1.807, 2.05) is 0 Å². The number of carbonyl (C=O) groups is 1. The van der Waals surface area contributed by atoms with Gasteiger partial charge in [-0.1, -0.05) is 194 Å². The summed E-state index contributed by atoms with van der Waals surface area (Å²) >= 11 is 0. The topological polar surface area (TPSA) is 192 Å². The number of hydrogen-bond donors (Lipinski definition) is 6. The Kier molecular flexibility index (Phi) is 34.4. The zero-order valence-electron chi connectivity index (χ0n) is 36.2. The van der Waals surface area contributed by atoms with Gasteiger partial charge in [0, 0.05) is 13.0 Å². The number of hydrogen-bond acceptors (Lipinski definition) is 11. The number of ether oxygens (including phenoxy) is 2. The van der Waals surface area contributed by atoms with Crippen molar-refractivity contribution in [1.82, 2.24) is 0 Å². The van der Waals surface area contributed by atoms with Gasteiger partial charge in [-0.2, -0.15) is 0 Å². The van der Waals surface area contributed by atoms with Gasteiger partial charge in [-0.25, -0.2) is 4.57 Å². The maximum atomic E-state index is 12.8. The first-order valence-corrected chi connectivity index (χ1v) is 24.9. The van der Waals surface area contributed by atoms with Crippen LogP contribution in [0.3, 0.4) is 0 Å². The van der Waals surface area contributed by atoms with Crippen LogP contribution in [0.1, 0.15) is 213 Å². The van der Waals surface area contributed by atoms with Crippen LogP contribution in [0.2, 0.25) is 0 Å². The summed E-state index contributed by atoms with van der Waals surface area (Å²) in [6, 6.07) is 0. The summed E-state index contributed by atoms with van der Waals surface area (Å²) in [6.45, 7) is 4.28. The Labute approximate surface area is 346 Å². The standard InChI is InChI=1S/C44H87O12P/c1-3-5-7-9-11-13-15-16-17-18-19-20-21-22-23-24-25-27-29-31-33-38(45)55-37(35-53-34-32-30-28-26-14-12-10-8-6-4-2)36-54-57(51,52)56-44-42(49)40(47)39(46)41(48)43(44)50/h37,39-44,46-50H,3-36H2,1-2H3,(H,51,52). The molecule has 12 nitrogen and oxygen atoms in total. The quantitative estimate of drug-likeness (QED) is 0.0195. The molecular formula is C44H87O12P. The molecule has 6 atom stereocenters. The molecule has 1 fully saturated rings. The highest BCUT2D eigenvalue weighted by Crippen LogP contribution is 2.47. The van der Waals surface area contributed by atoms with Crippen molar-refractivity contribution in [3.8, 4) is 0 Å². The second-order valence-corrected chi connectivity index (χ2v) is 18.0. The van der Waals surface area contributed by atoms with Gasteiger partial charge in [0.15, 0.2) is 0 Å². The largest absolute Gasteiger partial charge is 0.472 e. The maximum absolute atomic E-state index is 12.8. The van der Waals surface area contributed by atoms with Gasteiger partial charge in [-0.05, 0) is 12.8 Å². The molecule has 57 heavy (non-hydrogen) atoms. The van der Waals surface area contributed by atoms with Crippen LogP contribution in [0.5, 0.6) is 0 Å². The minimum absolute atomic E-state index is 0.0687. The highest BCUT2D eigenvalue weighted by Gasteiger charge is 2.51. The lowest BCUT2D eigenvalue weighted by atomic mass is 9.85. The monoisotopic (exact) mass is 839 g/mol. The second-order valence-electron chi connectivity index (χ2n) is 16.6. The van der Waals surface area contributed by atoms with Crippen LogP contribution < -0.4 is 0 Å². The highest BCUT2D eigenvalue weighted by molar-refractivity contribution is 7.47. The Morgan fingerprint density at radius 3 is 1.21 bits per heavy atom. The molecule has 0 spiro atoms. The lowest BCUT2D eigenvalue weighted by Gasteiger charge is -2.41. The molecule has 1 saturated carbocycles. The third kappa shape index (κ3) is 28.5. The minimum Gasteiger partial charge on any atom is -0.457 e. The molecule has 0 amide bonds. The summed E-state index contributed by atoms with van der Waals surface area (Å²) in [6.07, 6.45) is 24.7. The van der Waals surface area contributed by atoms with E-state index < -0.39 is 63.1 Å². The van der Waals surface area contributed by atoms with E-state index in [1.54, 1.807) is 0 Å². The first-order chi connectivity index (χ1) is 27.5. The number of aliphatic hydroxyl groups excluding tert-OH is 5. The number of phosphoric acid groups is 1. The SMILES string of the molecule is CCCCCCCCCCCCCCCCCCCCCCC(=O)OC(COCCCCCCCCCCCC)COP(=O)(O)OC1C(O)C(O)C(O)C(O)C1O. The average molecular weight is 839 g/mol. The van der Waals surface area contributed by atoms with E-state index in [0.29, 0.717) is 13.0 Å². The Hall–Kier alpha value is -0.660. The average Bonchev–Trinajstić information content (AvgIpc) is 3.19. The van der Waals surface area contributed by atoms with E-state index in [9.17, 15) is 39.8 Å². The summed E-state index contributed by atoms with van der Waals surface area (Å²) in [4.78, 5) is 23.1. The fourth-order valence-electron chi connectivity index (χ4n) is 7.47. The van der Waals surface area contributed by atoms with Crippen molar-refractivity contribution in [2.75, 3.05) is 19.8 Å². The second kappa shape index (κ2) is 36.0. The predicted molar refractivity (Wildman–Crippen MR) is 226 cm³/mol. The van der Waals surface area contributed by atoms with Gasteiger partial charge in [0.1, 0.15) is 42.7 Å². The Bertz CT molecular complexity index is 958. The minimum atomic E-state index is -5.00. The number of esters is 1. The normalized spacial score (nSPS) is 22.7. The van der Waals surface area contributed by atoms with Gasteiger partial charge in [-0.3, -0.25) is 13.8 Å². The molecular weight excluding hydrogens is 751 g/mol. The molecule has 1 aliphatic carbocycles. The van der Waals surface area contributed by atoms with E-state index in [2.05, 4.69) is 13.8 Å². The molecule has 0 bridgehead atoms. The van der Waals surface area contributed by atoms with Crippen molar-refractivity contribution in [2.45, 2.75) is 256 Å². The van der Waals surface area contributed by atoms with Gasteiger partial charge in [-0.15, -0.1) is 0 Å². The fraction of sp³-hybridized carbons (Fsp3) is 0.977. The molecule has 0 aromatic heterocycles. The Morgan fingerprint density at radius 2 is 0.825 bits per heavy atom. The summed E-state index contributed by atoms with van der Waals surface area (Å²) in [5, 5.41) is 50.1. The third-order valence-electron chi connectivity index (χ3n) is 11.2. The third-order valence-corrected chi connectivity index (χ3v) is 12.2. The van der Waals surface area contributed by atoms with Gasteiger partial charge in [0.2, 0.25) is 0 Å².